The molecular weight excluding hydrogens is 255 g/mol. The summed E-state index contributed by atoms with van der Waals surface area (Å²) in [5, 5.41) is 7.75. The number of hydrogen-bond acceptors (Lipinski definition) is 3. The molecule has 2 N–H and O–H groups in total. The molecule has 102 valence electrons. The van der Waals surface area contributed by atoms with Crippen LogP contribution in [0.3, 0.4) is 0 Å². The third kappa shape index (κ3) is 2.94. The fraction of sp³-hybridized carbons (Fsp3) is 0.385. The highest BCUT2D eigenvalue weighted by Crippen LogP contribution is 2.31. The number of benzene rings is 1. The number of nitrogens with two attached hydrogens (primary N) is 1. The first-order valence-electron chi connectivity index (χ1n) is 5.99. The van der Waals surface area contributed by atoms with Crippen LogP contribution in [0, 0.1) is 5.92 Å². The molecule has 0 bridgehead atoms. The van der Waals surface area contributed by atoms with Gasteiger partial charge in [0.15, 0.2) is 0 Å². The highest BCUT2D eigenvalue weighted by Gasteiger charge is 2.31. The summed E-state index contributed by atoms with van der Waals surface area (Å²) in [6, 6.07) is 5.16. The highest BCUT2D eigenvalue weighted by molar-refractivity contribution is 6.05. The van der Waals surface area contributed by atoms with E-state index in [9.17, 15) is 13.2 Å². The summed E-state index contributed by atoms with van der Waals surface area (Å²) >= 11 is 0. The molecule has 3 nitrogen and oxygen atoms in total. The maximum atomic E-state index is 12.7. The maximum Gasteiger partial charge on any atom is 0.416 e. The summed E-state index contributed by atoms with van der Waals surface area (Å²) in [5.74, 6) is 0.434. The Labute approximate surface area is 109 Å². The average molecular weight is 269 g/mol. The first-order chi connectivity index (χ1) is 8.91. The smallest absolute Gasteiger partial charge is 0.386 e. The predicted molar refractivity (Wildman–Crippen MR) is 68.0 cm³/mol. The van der Waals surface area contributed by atoms with Gasteiger partial charge in [0.1, 0.15) is 5.84 Å². The van der Waals surface area contributed by atoms with Crippen LogP contribution in [-0.4, -0.2) is 11.5 Å². The van der Waals surface area contributed by atoms with E-state index in [0.29, 0.717) is 23.5 Å². The summed E-state index contributed by atoms with van der Waals surface area (Å²) < 4.78 is 38.1. The molecule has 1 aromatic rings. The number of alkyl halides is 3. The fourth-order valence-corrected chi connectivity index (χ4v) is 2.08. The zero-order valence-corrected chi connectivity index (χ0v) is 10.4. The fourth-order valence-electron chi connectivity index (χ4n) is 2.08. The maximum absolute atomic E-state index is 12.7. The summed E-state index contributed by atoms with van der Waals surface area (Å²) in [6.45, 7) is 1.95. The van der Waals surface area contributed by atoms with E-state index in [0.717, 1.165) is 18.6 Å². The number of halogens is 3. The van der Waals surface area contributed by atoms with E-state index in [1.165, 1.54) is 6.07 Å². The molecule has 19 heavy (non-hydrogen) atoms. The van der Waals surface area contributed by atoms with Crippen molar-refractivity contribution in [1.82, 2.24) is 0 Å². The van der Waals surface area contributed by atoms with Crippen molar-refractivity contribution in [2.75, 3.05) is 0 Å². The lowest BCUT2D eigenvalue weighted by Crippen LogP contribution is -2.27. The van der Waals surface area contributed by atoms with E-state index in [1.807, 2.05) is 6.92 Å². The summed E-state index contributed by atoms with van der Waals surface area (Å²) in [5.41, 5.74) is 5.96. The molecule has 0 saturated carbocycles. The molecule has 6 heteroatoms. The van der Waals surface area contributed by atoms with Crippen molar-refractivity contribution in [3.63, 3.8) is 0 Å². The van der Waals surface area contributed by atoms with Gasteiger partial charge in [-0.2, -0.15) is 18.3 Å². The van der Waals surface area contributed by atoms with Crippen LogP contribution >= 0.6 is 0 Å². The number of amidine groups is 1. The monoisotopic (exact) mass is 269 g/mol. The minimum atomic E-state index is -4.35. The van der Waals surface area contributed by atoms with E-state index in [-0.39, 0.29) is 5.92 Å². The van der Waals surface area contributed by atoms with E-state index >= 15 is 0 Å². The topological polar surface area (TPSA) is 50.7 Å². The minimum absolute atomic E-state index is 0.0148. The quantitative estimate of drug-likeness (QED) is 0.880. The SMILES string of the molecule is CCC1CC(N)=NN=C1c1cccc(C(F)(F)F)c1. The van der Waals surface area contributed by atoms with Crippen LogP contribution in [0.15, 0.2) is 34.5 Å². The largest absolute Gasteiger partial charge is 0.416 e. The van der Waals surface area contributed by atoms with Crippen LogP contribution < -0.4 is 5.73 Å². The molecule has 2 rings (SSSR count). The van der Waals surface area contributed by atoms with Gasteiger partial charge >= 0.3 is 6.18 Å². The van der Waals surface area contributed by atoms with E-state index < -0.39 is 11.7 Å². The number of rotatable bonds is 2. The van der Waals surface area contributed by atoms with Gasteiger partial charge in [-0.05, 0) is 24.1 Å². The van der Waals surface area contributed by atoms with Gasteiger partial charge < -0.3 is 5.73 Å². The Morgan fingerprint density at radius 2 is 2.05 bits per heavy atom. The second-order valence-electron chi connectivity index (χ2n) is 4.46. The summed E-state index contributed by atoms with van der Waals surface area (Å²) in [6.07, 6.45) is -3.06. The van der Waals surface area contributed by atoms with E-state index in [2.05, 4.69) is 10.2 Å². The van der Waals surface area contributed by atoms with Crippen molar-refractivity contribution >= 4 is 11.5 Å². The molecular formula is C13H14F3N3. The van der Waals surface area contributed by atoms with E-state index in [4.69, 9.17) is 5.73 Å². The molecule has 1 unspecified atom stereocenters. The molecule has 0 spiro atoms. The van der Waals surface area contributed by atoms with Gasteiger partial charge in [-0.1, -0.05) is 19.1 Å². The van der Waals surface area contributed by atoms with Crippen LogP contribution in [0.5, 0.6) is 0 Å². The standard InChI is InChI=1S/C13H14F3N3/c1-2-8-7-11(17)18-19-12(8)9-4-3-5-10(6-9)13(14,15)16/h3-6,8H,2,7H2,1H3,(H2,17,18). The van der Waals surface area contributed by atoms with Gasteiger partial charge in [0.25, 0.3) is 0 Å². The highest BCUT2D eigenvalue weighted by atomic mass is 19.4. The van der Waals surface area contributed by atoms with Gasteiger partial charge in [-0.3, -0.25) is 0 Å². The molecule has 1 aliphatic heterocycles. The van der Waals surface area contributed by atoms with Crippen LogP contribution in [0.25, 0.3) is 0 Å². The third-order valence-electron chi connectivity index (χ3n) is 3.11. The van der Waals surface area contributed by atoms with Crippen LogP contribution in [0.2, 0.25) is 0 Å². The first-order valence-corrected chi connectivity index (χ1v) is 5.99. The lowest BCUT2D eigenvalue weighted by molar-refractivity contribution is -0.137. The zero-order chi connectivity index (χ0) is 14.0. The Balaban J connectivity index is 2.41. The molecule has 0 radical (unpaired) electrons. The molecule has 1 atom stereocenters. The Morgan fingerprint density at radius 3 is 2.68 bits per heavy atom. The van der Waals surface area contributed by atoms with Gasteiger partial charge in [0.05, 0.1) is 11.3 Å². The van der Waals surface area contributed by atoms with Gasteiger partial charge in [-0.25, -0.2) is 0 Å². The van der Waals surface area contributed by atoms with Gasteiger partial charge in [0, 0.05) is 12.3 Å². The molecule has 1 heterocycles. The van der Waals surface area contributed by atoms with E-state index in [1.54, 1.807) is 6.07 Å². The van der Waals surface area contributed by atoms with Crippen LogP contribution in [-0.2, 0) is 6.18 Å². The second kappa shape index (κ2) is 5.03. The van der Waals surface area contributed by atoms with Crippen molar-refractivity contribution in [2.24, 2.45) is 21.9 Å². The van der Waals surface area contributed by atoms with Crippen LogP contribution in [0.1, 0.15) is 30.9 Å². The number of hydrogen-bond donors (Lipinski definition) is 1. The van der Waals surface area contributed by atoms with Crippen molar-refractivity contribution in [2.45, 2.75) is 25.9 Å². The lowest BCUT2D eigenvalue weighted by Gasteiger charge is -2.20. The minimum Gasteiger partial charge on any atom is -0.386 e. The van der Waals surface area contributed by atoms with Crippen molar-refractivity contribution in [3.05, 3.63) is 35.4 Å². The van der Waals surface area contributed by atoms with Crippen molar-refractivity contribution in [3.8, 4) is 0 Å². The zero-order valence-electron chi connectivity index (χ0n) is 10.4. The van der Waals surface area contributed by atoms with Crippen molar-refractivity contribution < 1.29 is 13.2 Å². The Kier molecular flexibility index (Phi) is 3.59. The van der Waals surface area contributed by atoms with Crippen LogP contribution in [0.4, 0.5) is 13.2 Å². The Bertz CT molecular complexity index is 532. The molecule has 0 fully saturated rings. The summed E-state index contributed by atoms with van der Waals surface area (Å²) in [4.78, 5) is 0. The predicted octanol–water partition coefficient (Wildman–Crippen LogP) is 3.20. The Hall–Kier alpha value is -1.85. The molecule has 0 aromatic heterocycles. The molecule has 1 aromatic carbocycles. The second-order valence-corrected chi connectivity index (χ2v) is 4.46. The first kappa shape index (κ1) is 13.6. The summed E-state index contributed by atoms with van der Waals surface area (Å²) in [7, 11) is 0. The molecule has 0 saturated heterocycles. The van der Waals surface area contributed by atoms with Crippen molar-refractivity contribution in [1.29, 1.82) is 0 Å². The third-order valence-corrected chi connectivity index (χ3v) is 3.11. The lowest BCUT2D eigenvalue weighted by atomic mass is 9.90. The average Bonchev–Trinajstić information content (AvgIpc) is 2.37. The molecule has 0 amide bonds. The molecule has 0 aliphatic carbocycles. The van der Waals surface area contributed by atoms with Gasteiger partial charge in [-0.15, -0.1) is 5.10 Å². The number of nitrogens with zero attached hydrogens (tertiary/aromatic N) is 2. The van der Waals surface area contributed by atoms with Gasteiger partial charge in [0.2, 0.25) is 0 Å². The Morgan fingerprint density at radius 1 is 1.32 bits per heavy atom. The molecule has 1 aliphatic rings. The normalized spacial score (nSPS) is 19.9.